The van der Waals surface area contributed by atoms with Crippen LogP contribution in [0.3, 0.4) is 0 Å². The predicted octanol–water partition coefficient (Wildman–Crippen LogP) is 3.56. The Hall–Kier alpha value is -3.97. The summed E-state index contributed by atoms with van der Waals surface area (Å²) in [7, 11) is 1.30. The Morgan fingerprint density at radius 3 is 2.64 bits per heavy atom. The van der Waals surface area contributed by atoms with E-state index in [1.54, 1.807) is 36.4 Å². The Bertz CT molecular complexity index is 1270. The van der Waals surface area contributed by atoms with Crippen LogP contribution < -0.4 is 10.6 Å². The highest BCUT2D eigenvalue weighted by atomic mass is 32.2. The first-order chi connectivity index (χ1) is 16.0. The molecular weight excluding hydrogens is 470 g/mol. The van der Waals surface area contributed by atoms with Crippen LogP contribution in [0.2, 0.25) is 0 Å². The van der Waals surface area contributed by atoms with Crippen LogP contribution in [0.1, 0.15) is 20.8 Å². The summed E-state index contributed by atoms with van der Waals surface area (Å²) in [6, 6.07) is 11.2. The van der Waals surface area contributed by atoms with Crippen molar-refractivity contribution in [3.05, 3.63) is 60.0 Å². The second-order valence-electron chi connectivity index (χ2n) is 6.29. The van der Waals surface area contributed by atoms with Crippen molar-refractivity contribution >= 4 is 51.7 Å². The van der Waals surface area contributed by atoms with E-state index in [0.717, 1.165) is 11.3 Å². The molecule has 0 radical (unpaired) electrons. The molecule has 1 aromatic carbocycles. The fourth-order valence-corrected chi connectivity index (χ4v) is 4.08. The number of esters is 1. The molecular formula is C20H15N5O6S2. The summed E-state index contributed by atoms with van der Waals surface area (Å²) in [5.41, 5.74) is 0.986. The van der Waals surface area contributed by atoms with E-state index in [9.17, 15) is 14.4 Å². The van der Waals surface area contributed by atoms with Crippen LogP contribution in [-0.2, 0) is 9.53 Å². The number of furan rings is 1. The third kappa shape index (κ3) is 5.64. The number of ether oxygens (including phenoxy) is 1. The number of amides is 2. The molecule has 0 spiro atoms. The number of aromatic nitrogens is 3. The zero-order valence-corrected chi connectivity index (χ0v) is 18.6. The Labute approximate surface area is 194 Å². The van der Waals surface area contributed by atoms with Crippen molar-refractivity contribution in [1.82, 2.24) is 15.4 Å². The zero-order chi connectivity index (χ0) is 23.2. The predicted molar refractivity (Wildman–Crippen MR) is 119 cm³/mol. The van der Waals surface area contributed by atoms with E-state index in [1.807, 2.05) is 0 Å². The lowest BCUT2D eigenvalue weighted by molar-refractivity contribution is -0.113. The van der Waals surface area contributed by atoms with Crippen LogP contribution in [0, 0.1) is 0 Å². The van der Waals surface area contributed by atoms with Gasteiger partial charge in [0.1, 0.15) is 0 Å². The SMILES string of the molecule is COC(=O)c1ccc(NC(=O)CSc2nnc(NC(=O)c3cc(-c4ccco4)on3)s2)cc1. The van der Waals surface area contributed by atoms with Crippen LogP contribution in [0.15, 0.2) is 62.0 Å². The number of anilines is 2. The van der Waals surface area contributed by atoms with Crippen LogP contribution in [0.25, 0.3) is 11.5 Å². The summed E-state index contributed by atoms with van der Waals surface area (Å²) in [5.74, 6) is -0.378. The van der Waals surface area contributed by atoms with Crippen molar-refractivity contribution in [1.29, 1.82) is 0 Å². The highest BCUT2D eigenvalue weighted by molar-refractivity contribution is 8.01. The summed E-state index contributed by atoms with van der Waals surface area (Å²) in [6.07, 6.45) is 1.49. The number of benzene rings is 1. The third-order valence-electron chi connectivity index (χ3n) is 4.05. The maximum atomic E-state index is 12.3. The monoisotopic (exact) mass is 485 g/mol. The number of nitrogens with zero attached hydrogens (tertiary/aromatic N) is 3. The molecule has 2 amide bonds. The molecule has 4 rings (SSSR count). The molecule has 3 aromatic heterocycles. The van der Waals surface area contributed by atoms with E-state index in [4.69, 9.17) is 8.94 Å². The van der Waals surface area contributed by atoms with E-state index in [1.165, 1.54) is 31.2 Å². The summed E-state index contributed by atoms with van der Waals surface area (Å²) in [6.45, 7) is 0. The maximum absolute atomic E-state index is 12.3. The van der Waals surface area contributed by atoms with Crippen LogP contribution >= 0.6 is 23.1 Å². The zero-order valence-electron chi connectivity index (χ0n) is 16.9. The average Bonchev–Trinajstić information content (AvgIpc) is 3.59. The van der Waals surface area contributed by atoms with Gasteiger partial charge in [-0.25, -0.2) is 4.79 Å². The van der Waals surface area contributed by atoms with Crippen molar-refractivity contribution in [3.8, 4) is 11.5 Å². The van der Waals surface area contributed by atoms with Crippen LogP contribution in [0.4, 0.5) is 10.8 Å². The van der Waals surface area contributed by atoms with Gasteiger partial charge in [0.15, 0.2) is 15.8 Å². The van der Waals surface area contributed by atoms with Crippen molar-refractivity contribution in [2.75, 3.05) is 23.5 Å². The van der Waals surface area contributed by atoms with E-state index >= 15 is 0 Å². The molecule has 2 N–H and O–H groups in total. The van der Waals surface area contributed by atoms with Crippen molar-refractivity contribution in [2.24, 2.45) is 0 Å². The molecule has 0 saturated heterocycles. The molecule has 3 heterocycles. The minimum atomic E-state index is -0.516. The largest absolute Gasteiger partial charge is 0.465 e. The van der Waals surface area contributed by atoms with Gasteiger partial charge in [0, 0.05) is 11.8 Å². The van der Waals surface area contributed by atoms with Crippen molar-refractivity contribution in [3.63, 3.8) is 0 Å². The number of thioether (sulfide) groups is 1. The maximum Gasteiger partial charge on any atom is 0.337 e. The number of nitrogens with one attached hydrogen (secondary N) is 2. The van der Waals surface area contributed by atoms with Gasteiger partial charge in [-0.1, -0.05) is 28.3 Å². The van der Waals surface area contributed by atoms with E-state index < -0.39 is 11.9 Å². The molecule has 0 aliphatic heterocycles. The lowest BCUT2D eigenvalue weighted by Gasteiger charge is -2.05. The lowest BCUT2D eigenvalue weighted by atomic mass is 10.2. The second kappa shape index (κ2) is 10.1. The number of hydrogen-bond acceptors (Lipinski definition) is 11. The number of hydrogen-bond donors (Lipinski definition) is 2. The quantitative estimate of drug-likeness (QED) is 0.215. The summed E-state index contributed by atoms with van der Waals surface area (Å²) in [5, 5.41) is 17.1. The van der Waals surface area contributed by atoms with E-state index in [-0.39, 0.29) is 22.5 Å². The first-order valence-electron chi connectivity index (χ1n) is 9.28. The van der Waals surface area contributed by atoms with E-state index in [2.05, 4.69) is 30.7 Å². The third-order valence-corrected chi connectivity index (χ3v) is 6.02. The molecule has 13 heteroatoms. The van der Waals surface area contributed by atoms with Crippen LogP contribution in [-0.4, -0.2) is 46.0 Å². The van der Waals surface area contributed by atoms with Gasteiger partial charge in [0.25, 0.3) is 5.91 Å². The lowest BCUT2D eigenvalue weighted by Crippen LogP contribution is -2.14. The van der Waals surface area contributed by atoms with Gasteiger partial charge in [0.2, 0.25) is 16.8 Å². The number of methoxy groups -OCH3 is 1. The molecule has 0 atom stereocenters. The highest BCUT2D eigenvalue weighted by Crippen LogP contribution is 2.26. The van der Waals surface area contributed by atoms with Crippen molar-refractivity contribution < 1.29 is 28.1 Å². The van der Waals surface area contributed by atoms with Gasteiger partial charge in [0.05, 0.1) is 24.7 Å². The first-order valence-corrected chi connectivity index (χ1v) is 11.1. The van der Waals surface area contributed by atoms with Gasteiger partial charge in [-0.15, -0.1) is 10.2 Å². The Morgan fingerprint density at radius 1 is 1.09 bits per heavy atom. The van der Waals surface area contributed by atoms with Gasteiger partial charge in [-0.05, 0) is 36.4 Å². The standard InChI is InChI=1S/C20H15N5O6S2/c1-29-18(28)11-4-6-12(7-5-11)21-16(26)10-32-20-24-23-19(33-20)22-17(27)13-9-15(31-25-13)14-3-2-8-30-14/h2-9H,10H2,1H3,(H,21,26)(H,22,23,27). The highest BCUT2D eigenvalue weighted by Gasteiger charge is 2.17. The Balaban J connectivity index is 1.27. The fourth-order valence-electron chi connectivity index (χ4n) is 2.53. The average molecular weight is 486 g/mol. The molecule has 168 valence electrons. The molecule has 0 unspecified atom stereocenters. The fraction of sp³-hybridized carbons (Fsp3) is 0.100. The topological polar surface area (TPSA) is 149 Å². The second-order valence-corrected chi connectivity index (χ2v) is 8.49. The molecule has 0 fully saturated rings. The Kier molecular flexibility index (Phi) is 6.80. The molecule has 4 aromatic rings. The van der Waals surface area contributed by atoms with Gasteiger partial charge in [-0.2, -0.15) is 0 Å². The molecule has 0 aliphatic carbocycles. The van der Waals surface area contributed by atoms with Gasteiger partial charge < -0.3 is 19.0 Å². The van der Waals surface area contributed by atoms with Crippen molar-refractivity contribution in [2.45, 2.75) is 4.34 Å². The summed E-state index contributed by atoms with van der Waals surface area (Å²) in [4.78, 5) is 35.9. The summed E-state index contributed by atoms with van der Waals surface area (Å²) < 4.78 is 15.4. The van der Waals surface area contributed by atoms with Crippen LogP contribution in [0.5, 0.6) is 0 Å². The number of carbonyl (C=O) groups is 3. The minimum Gasteiger partial charge on any atom is -0.465 e. The normalized spacial score (nSPS) is 10.6. The first kappa shape index (κ1) is 22.2. The summed E-state index contributed by atoms with van der Waals surface area (Å²) >= 11 is 2.28. The molecule has 0 saturated carbocycles. The minimum absolute atomic E-state index is 0.0587. The molecule has 33 heavy (non-hydrogen) atoms. The smallest absolute Gasteiger partial charge is 0.337 e. The Morgan fingerprint density at radius 2 is 1.91 bits per heavy atom. The van der Waals surface area contributed by atoms with Gasteiger partial charge >= 0.3 is 5.97 Å². The number of carbonyl (C=O) groups excluding carboxylic acids is 3. The molecule has 0 bridgehead atoms. The van der Waals surface area contributed by atoms with E-state index in [0.29, 0.717) is 27.1 Å². The van der Waals surface area contributed by atoms with Gasteiger partial charge in [-0.3, -0.25) is 14.9 Å². The molecule has 0 aliphatic rings. The number of rotatable bonds is 8. The molecule has 11 nitrogen and oxygen atoms in total.